The number of nitrogens with one attached hydrogen (secondary N) is 2. The molecule has 2 aromatic carbocycles. The lowest BCUT2D eigenvalue weighted by atomic mass is 9.99. The standard InChI is InChI=1S/C24H22F2N4O3/c1-12-6-18(30-24(33)21(31)13-7-15(25)10-16(26)8-13)4-5-19(12)14-9-20(22(27)28-11-14)23(32)29-17-2-3-17/h4-11,17,21,31H,2-3H2,1H3,(H2,27,28)(H,29,32)(H,30,33)/t21-/m1/s1. The van der Waals surface area contributed by atoms with Crippen molar-refractivity contribution >= 4 is 23.3 Å². The molecule has 0 spiro atoms. The summed E-state index contributed by atoms with van der Waals surface area (Å²) >= 11 is 0. The summed E-state index contributed by atoms with van der Waals surface area (Å²) in [7, 11) is 0. The number of aliphatic hydroxyl groups excluding tert-OH is 1. The number of nitrogens with two attached hydrogens (primary N) is 1. The van der Waals surface area contributed by atoms with Crippen molar-refractivity contribution in [3.05, 3.63) is 77.0 Å². The van der Waals surface area contributed by atoms with Gasteiger partial charge in [0.15, 0.2) is 6.10 Å². The zero-order valence-electron chi connectivity index (χ0n) is 17.7. The molecular formula is C24H22F2N4O3. The Hall–Kier alpha value is -3.85. The first-order valence-electron chi connectivity index (χ1n) is 10.3. The smallest absolute Gasteiger partial charge is 0.257 e. The third-order valence-corrected chi connectivity index (χ3v) is 5.33. The lowest BCUT2D eigenvalue weighted by molar-refractivity contribution is -0.124. The van der Waals surface area contributed by atoms with E-state index in [4.69, 9.17) is 5.73 Å². The van der Waals surface area contributed by atoms with E-state index >= 15 is 0 Å². The van der Waals surface area contributed by atoms with Crippen molar-refractivity contribution in [1.29, 1.82) is 0 Å². The van der Waals surface area contributed by atoms with Crippen molar-refractivity contribution in [2.75, 3.05) is 11.1 Å². The number of nitrogen functional groups attached to an aromatic ring is 1. The number of amides is 2. The van der Waals surface area contributed by atoms with E-state index in [-0.39, 0.29) is 23.3 Å². The summed E-state index contributed by atoms with van der Waals surface area (Å²) in [6, 6.07) is 9.32. The first-order valence-corrected chi connectivity index (χ1v) is 10.3. The van der Waals surface area contributed by atoms with Gasteiger partial charge in [0.2, 0.25) is 0 Å². The van der Waals surface area contributed by atoms with Crippen LogP contribution in [0.15, 0.2) is 48.7 Å². The minimum absolute atomic E-state index is 0.140. The molecule has 0 aliphatic heterocycles. The second-order valence-electron chi connectivity index (χ2n) is 8.03. The monoisotopic (exact) mass is 452 g/mol. The van der Waals surface area contributed by atoms with Crippen molar-refractivity contribution in [2.24, 2.45) is 0 Å². The molecule has 1 atom stereocenters. The Kier molecular flexibility index (Phi) is 6.06. The second kappa shape index (κ2) is 8.95. The number of carbonyl (C=O) groups is 2. The van der Waals surface area contributed by atoms with Gasteiger partial charge >= 0.3 is 0 Å². The highest BCUT2D eigenvalue weighted by Crippen LogP contribution is 2.29. The molecule has 1 aliphatic carbocycles. The average Bonchev–Trinajstić information content (AvgIpc) is 3.57. The van der Waals surface area contributed by atoms with E-state index in [1.54, 1.807) is 30.5 Å². The zero-order valence-corrected chi connectivity index (χ0v) is 17.7. The van der Waals surface area contributed by atoms with Crippen molar-refractivity contribution in [1.82, 2.24) is 10.3 Å². The molecule has 170 valence electrons. The van der Waals surface area contributed by atoms with Crippen LogP contribution in [-0.4, -0.2) is 27.9 Å². The maximum absolute atomic E-state index is 13.4. The molecule has 1 fully saturated rings. The number of carbonyl (C=O) groups excluding carboxylic acids is 2. The summed E-state index contributed by atoms with van der Waals surface area (Å²) in [6.45, 7) is 1.81. The molecule has 1 aromatic heterocycles. The lowest BCUT2D eigenvalue weighted by Crippen LogP contribution is -2.26. The lowest BCUT2D eigenvalue weighted by Gasteiger charge is -2.14. The number of nitrogens with zero attached hydrogens (tertiary/aromatic N) is 1. The second-order valence-corrected chi connectivity index (χ2v) is 8.03. The highest BCUT2D eigenvalue weighted by Gasteiger charge is 2.25. The van der Waals surface area contributed by atoms with Crippen LogP contribution in [0.25, 0.3) is 11.1 Å². The van der Waals surface area contributed by atoms with Gasteiger partial charge in [-0.1, -0.05) is 6.07 Å². The van der Waals surface area contributed by atoms with Gasteiger partial charge in [-0.2, -0.15) is 0 Å². The number of anilines is 2. The summed E-state index contributed by atoms with van der Waals surface area (Å²) in [5, 5.41) is 15.6. The Morgan fingerprint density at radius 1 is 1.12 bits per heavy atom. The predicted octanol–water partition coefficient (Wildman–Crippen LogP) is 3.48. The van der Waals surface area contributed by atoms with E-state index in [1.165, 1.54) is 0 Å². The zero-order chi connectivity index (χ0) is 23.7. The van der Waals surface area contributed by atoms with Crippen molar-refractivity contribution in [2.45, 2.75) is 31.9 Å². The van der Waals surface area contributed by atoms with Crippen LogP contribution in [0.1, 0.15) is 40.4 Å². The van der Waals surface area contributed by atoms with E-state index in [9.17, 15) is 23.5 Å². The van der Waals surface area contributed by atoms with Crippen LogP contribution in [0.5, 0.6) is 0 Å². The van der Waals surface area contributed by atoms with Gasteiger partial charge in [0, 0.05) is 29.6 Å². The molecule has 0 bridgehead atoms. The highest BCUT2D eigenvalue weighted by atomic mass is 19.1. The van der Waals surface area contributed by atoms with Gasteiger partial charge in [-0.25, -0.2) is 13.8 Å². The fourth-order valence-corrected chi connectivity index (χ4v) is 3.46. The summed E-state index contributed by atoms with van der Waals surface area (Å²) in [6.07, 6.45) is 1.72. The van der Waals surface area contributed by atoms with E-state index < -0.39 is 23.6 Å². The van der Waals surface area contributed by atoms with Gasteiger partial charge in [0.25, 0.3) is 11.8 Å². The normalized spacial score (nSPS) is 13.9. The number of pyridine rings is 1. The number of aromatic nitrogens is 1. The van der Waals surface area contributed by atoms with Crippen LogP contribution >= 0.6 is 0 Å². The molecule has 3 aromatic rings. The van der Waals surface area contributed by atoms with Crippen molar-refractivity contribution in [3.8, 4) is 11.1 Å². The van der Waals surface area contributed by atoms with Gasteiger partial charge in [-0.05, 0) is 66.8 Å². The number of benzene rings is 2. The largest absolute Gasteiger partial charge is 0.383 e. The summed E-state index contributed by atoms with van der Waals surface area (Å²) in [4.78, 5) is 29.0. The number of halogens is 2. The molecule has 0 unspecified atom stereocenters. The molecule has 7 nitrogen and oxygen atoms in total. The summed E-state index contributed by atoms with van der Waals surface area (Å²) < 4.78 is 26.8. The molecular weight excluding hydrogens is 430 g/mol. The van der Waals surface area contributed by atoms with Crippen LogP contribution in [0.2, 0.25) is 0 Å². The molecule has 33 heavy (non-hydrogen) atoms. The number of rotatable bonds is 6. The van der Waals surface area contributed by atoms with Gasteiger partial charge in [-0.3, -0.25) is 9.59 Å². The molecule has 1 saturated carbocycles. The third kappa shape index (κ3) is 5.15. The molecule has 9 heteroatoms. The first kappa shape index (κ1) is 22.3. The van der Waals surface area contributed by atoms with Crippen LogP contribution in [0.4, 0.5) is 20.3 Å². The van der Waals surface area contributed by atoms with Crippen LogP contribution in [-0.2, 0) is 4.79 Å². The fraction of sp³-hybridized carbons (Fsp3) is 0.208. The molecule has 1 heterocycles. The summed E-state index contributed by atoms with van der Waals surface area (Å²) in [5.41, 5.74) is 8.58. The van der Waals surface area contributed by atoms with E-state index in [2.05, 4.69) is 15.6 Å². The molecule has 0 radical (unpaired) electrons. The van der Waals surface area contributed by atoms with Crippen LogP contribution < -0.4 is 16.4 Å². The maximum atomic E-state index is 13.4. The highest BCUT2D eigenvalue weighted by molar-refractivity contribution is 6.00. The minimum Gasteiger partial charge on any atom is -0.383 e. The Bertz CT molecular complexity index is 1220. The number of aliphatic hydroxyl groups is 1. The van der Waals surface area contributed by atoms with E-state index in [0.717, 1.165) is 36.1 Å². The Labute approximate surface area is 188 Å². The Morgan fingerprint density at radius 3 is 2.45 bits per heavy atom. The number of aryl methyl sites for hydroxylation is 1. The molecule has 5 N–H and O–H groups in total. The molecule has 4 rings (SSSR count). The fourth-order valence-electron chi connectivity index (χ4n) is 3.46. The van der Waals surface area contributed by atoms with Gasteiger partial charge in [-0.15, -0.1) is 0 Å². The number of hydrogen-bond acceptors (Lipinski definition) is 5. The predicted molar refractivity (Wildman–Crippen MR) is 119 cm³/mol. The van der Waals surface area contributed by atoms with Crippen LogP contribution in [0.3, 0.4) is 0 Å². The van der Waals surface area contributed by atoms with Crippen molar-refractivity contribution < 1.29 is 23.5 Å². The Morgan fingerprint density at radius 2 is 1.82 bits per heavy atom. The summed E-state index contributed by atoms with van der Waals surface area (Å²) in [5.74, 6) is -2.74. The first-order chi connectivity index (χ1) is 15.7. The quantitative estimate of drug-likeness (QED) is 0.457. The maximum Gasteiger partial charge on any atom is 0.257 e. The van der Waals surface area contributed by atoms with Crippen LogP contribution in [0, 0.1) is 18.6 Å². The van der Waals surface area contributed by atoms with Crippen molar-refractivity contribution in [3.63, 3.8) is 0 Å². The SMILES string of the molecule is Cc1cc(NC(=O)[C@H](O)c2cc(F)cc(F)c2)ccc1-c1cnc(N)c(C(=O)NC2CC2)c1. The minimum atomic E-state index is -1.75. The molecule has 2 amide bonds. The van der Waals surface area contributed by atoms with E-state index in [1.807, 2.05) is 6.92 Å². The van der Waals surface area contributed by atoms with Gasteiger partial charge in [0.1, 0.15) is 17.5 Å². The third-order valence-electron chi connectivity index (χ3n) is 5.33. The molecule has 1 aliphatic rings. The molecule has 0 saturated heterocycles. The number of hydrogen-bond donors (Lipinski definition) is 4. The topological polar surface area (TPSA) is 117 Å². The Balaban J connectivity index is 1.52. The van der Waals surface area contributed by atoms with Gasteiger partial charge in [0.05, 0.1) is 5.56 Å². The van der Waals surface area contributed by atoms with Gasteiger partial charge < -0.3 is 21.5 Å². The van der Waals surface area contributed by atoms with E-state index in [0.29, 0.717) is 22.9 Å². The average molecular weight is 452 g/mol.